The van der Waals surface area contributed by atoms with E-state index in [1.165, 1.54) is 0 Å². The number of anilines is 1. The van der Waals surface area contributed by atoms with Gasteiger partial charge in [-0.15, -0.1) is 0 Å². The molecule has 1 aromatic heterocycles. The van der Waals surface area contributed by atoms with Crippen LogP contribution in [0.4, 0.5) is 5.69 Å². The summed E-state index contributed by atoms with van der Waals surface area (Å²) < 4.78 is 2.08. The van der Waals surface area contributed by atoms with Gasteiger partial charge in [-0.1, -0.05) is 66.9 Å². The third-order valence-electron chi connectivity index (χ3n) is 6.12. The van der Waals surface area contributed by atoms with Crippen LogP contribution < -0.4 is 10.2 Å². The molecule has 0 radical (unpaired) electrons. The van der Waals surface area contributed by atoms with Gasteiger partial charge in [0, 0.05) is 17.5 Å². The first-order chi connectivity index (χ1) is 16.5. The number of aromatic nitrogens is 1. The van der Waals surface area contributed by atoms with Crippen molar-refractivity contribution in [3.05, 3.63) is 94.1 Å². The number of benzene rings is 3. The summed E-state index contributed by atoms with van der Waals surface area (Å²) in [4.78, 5) is 29.1. The molecule has 0 spiro atoms. The molecule has 1 atom stereocenters. The van der Waals surface area contributed by atoms with Crippen LogP contribution in [0.2, 0.25) is 10.0 Å². The second kappa shape index (κ2) is 9.16. The monoisotopic (exact) mass is 491 g/mol. The maximum Gasteiger partial charge on any atom is 0.259 e. The van der Waals surface area contributed by atoms with Crippen molar-refractivity contribution in [1.29, 1.82) is 0 Å². The van der Waals surface area contributed by atoms with E-state index < -0.39 is 6.04 Å². The molecular weight excluding hydrogens is 469 g/mol. The highest BCUT2D eigenvalue weighted by molar-refractivity contribution is 6.42. The Morgan fingerprint density at radius 3 is 2.41 bits per heavy atom. The molecule has 4 aromatic rings. The van der Waals surface area contributed by atoms with Crippen LogP contribution in [0.1, 0.15) is 41.9 Å². The highest BCUT2D eigenvalue weighted by Crippen LogP contribution is 2.43. The largest absolute Gasteiger partial charge is 0.354 e. The lowest BCUT2D eigenvalue weighted by molar-refractivity contribution is -0.122. The number of halogens is 2. The van der Waals surface area contributed by atoms with E-state index in [0.717, 1.165) is 35.1 Å². The molecule has 0 saturated carbocycles. The lowest BCUT2D eigenvalue weighted by Crippen LogP contribution is -2.47. The van der Waals surface area contributed by atoms with Crippen molar-refractivity contribution in [2.24, 2.45) is 0 Å². The van der Waals surface area contributed by atoms with Crippen LogP contribution >= 0.6 is 23.2 Å². The summed E-state index contributed by atoms with van der Waals surface area (Å²) in [6.07, 6.45) is 1.82. The van der Waals surface area contributed by atoms with Gasteiger partial charge in [0.05, 0.1) is 32.6 Å². The van der Waals surface area contributed by atoms with E-state index in [9.17, 15) is 9.59 Å². The fraction of sp³-hybridized carbons (Fsp3) is 0.185. The summed E-state index contributed by atoms with van der Waals surface area (Å²) in [5.74, 6) is -0.543. The molecule has 0 aliphatic carbocycles. The van der Waals surface area contributed by atoms with Crippen LogP contribution in [0.5, 0.6) is 0 Å². The minimum Gasteiger partial charge on any atom is -0.354 e. The van der Waals surface area contributed by atoms with Gasteiger partial charge >= 0.3 is 0 Å². The minimum atomic E-state index is -0.846. The zero-order valence-corrected chi connectivity index (χ0v) is 20.1. The second-order valence-electron chi connectivity index (χ2n) is 8.30. The van der Waals surface area contributed by atoms with Gasteiger partial charge in [-0.3, -0.25) is 14.5 Å². The molecule has 1 aliphatic heterocycles. The molecule has 7 heteroatoms. The van der Waals surface area contributed by atoms with Crippen LogP contribution in [0.25, 0.3) is 16.6 Å². The summed E-state index contributed by atoms with van der Waals surface area (Å²) in [5, 5.41) is 4.69. The van der Waals surface area contributed by atoms with Gasteiger partial charge in [-0.25, -0.2) is 0 Å². The molecule has 1 aliphatic rings. The standard InChI is InChI=1S/C27H23Cl2N3O2/c1-2-3-14-30-26(33)25-24-16-17-8-4-5-9-21(17)31(24)22-10-6-7-11-23(22)32(25)27(34)18-12-13-19(28)20(29)15-18/h4-13,15-16,25H,2-3,14H2,1H3,(H,30,33). The van der Waals surface area contributed by atoms with Gasteiger partial charge in [0.25, 0.3) is 5.91 Å². The lowest BCUT2D eigenvalue weighted by Gasteiger charge is -2.37. The van der Waals surface area contributed by atoms with E-state index in [4.69, 9.17) is 23.2 Å². The molecule has 1 N–H and O–H groups in total. The number of carbonyl (C=O) groups is 2. The van der Waals surface area contributed by atoms with E-state index in [1.54, 1.807) is 23.1 Å². The van der Waals surface area contributed by atoms with Crippen molar-refractivity contribution in [1.82, 2.24) is 9.88 Å². The van der Waals surface area contributed by atoms with Gasteiger partial charge in [0.1, 0.15) is 0 Å². The second-order valence-corrected chi connectivity index (χ2v) is 9.12. The average molecular weight is 492 g/mol. The number of amides is 2. The van der Waals surface area contributed by atoms with Gasteiger partial charge in [-0.05, 0) is 48.9 Å². The molecule has 0 saturated heterocycles. The summed E-state index contributed by atoms with van der Waals surface area (Å²) >= 11 is 12.3. The van der Waals surface area contributed by atoms with Crippen LogP contribution in [-0.4, -0.2) is 22.9 Å². The van der Waals surface area contributed by atoms with Gasteiger partial charge in [0.2, 0.25) is 5.91 Å². The third kappa shape index (κ3) is 3.75. The van der Waals surface area contributed by atoms with E-state index in [2.05, 4.69) is 16.8 Å². The Morgan fingerprint density at radius 2 is 1.65 bits per heavy atom. The minimum absolute atomic E-state index is 0.222. The molecular formula is C27H23Cl2N3O2. The van der Waals surface area contributed by atoms with Crippen molar-refractivity contribution in [2.75, 3.05) is 11.4 Å². The Balaban J connectivity index is 1.72. The molecule has 0 bridgehead atoms. The van der Waals surface area contributed by atoms with Crippen LogP contribution in [0.15, 0.2) is 72.8 Å². The number of nitrogens with one attached hydrogen (secondary N) is 1. The predicted octanol–water partition coefficient (Wildman–Crippen LogP) is 6.56. The highest BCUT2D eigenvalue weighted by Gasteiger charge is 2.40. The molecule has 5 rings (SSSR count). The number of carbonyl (C=O) groups excluding carboxylic acids is 2. The van der Waals surface area contributed by atoms with Crippen molar-refractivity contribution in [2.45, 2.75) is 25.8 Å². The van der Waals surface area contributed by atoms with Crippen molar-refractivity contribution in [3.8, 4) is 5.69 Å². The van der Waals surface area contributed by atoms with Gasteiger partial charge in [0.15, 0.2) is 6.04 Å². The van der Waals surface area contributed by atoms with Gasteiger partial charge in [-0.2, -0.15) is 0 Å². The Kier molecular flexibility index (Phi) is 6.07. The van der Waals surface area contributed by atoms with Gasteiger partial charge < -0.3 is 9.88 Å². The Morgan fingerprint density at radius 1 is 0.912 bits per heavy atom. The number of unbranched alkanes of at least 4 members (excludes halogenated alkanes) is 1. The lowest BCUT2D eigenvalue weighted by atomic mass is 10.0. The summed E-state index contributed by atoms with van der Waals surface area (Å²) in [5.41, 5.74) is 3.58. The number of nitrogens with zero attached hydrogens (tertiary/aromatic N) is 2. The Labute approximate surface area is 207 Å². The average Bonchev–Trinajstić information content (AvgIpc) is 3.24. The maximum absolute atomic E-state index is 13.9. The first kappa shape index (κ1) is 22.5. The van der Waals surface area contributed by atoms with Crippen molar-refractivity contribution in [3.63, 3.8) is 0 Å². The SMILES string of the molecule is CCCCNC(=O)C1c2cc3ccccc3n2-c2ccccc2N1C(=O)c1ccc(Cl)c(Cl)c1. The Hall–Kier alpha value is -3.28. The molecule has 3 aromatic carbocycles. The zero-order valence-electron chi connectivity index (χ0n) is 18.6. The normalized spacial score (nSPS) is 14.6. The van der Waals surface area contributed by atoms with Crippen LogP contribution in [0, 0.1) is 0 Å². The fourth-order valence-corrected chi connectivity index (χ4v) is 4.80. The third-order valence-corrected chi connectivity index (χ3v) is 6.86. The summed E-state index contributed by atoms with van der Waals surface area (Å²) in [7, 11) is 0. The number of hydrogen-bond acceptors (Lipinski definition) is 2. The van der Waals surface area contributed by atoms with E-state index in [-0.39, 0.29) is 16.8 Å². The van der Waals surface area contributed by atoms with E-state index in [1.807, 2.05) is 54.6 Å². The van der Waals surface area contributed by atoms with Crippen molar-refractivity contribution < 1.29 is 9.59 Å². The topological polar surface area (TPSA) is 54.3 Å². The van der Waals surface area contributed by atoms with Crippen LogP contribution in [-0.2, 0) is 4.79 Å². The number of rotatable bonds is 5. The summed E-state index contributed by atoms with van der Waals surface area (Å²) in [6.45, 7) is 2.61. The first-order valence-electron chi connectivity index (χ1n) is 11.3. The van der Waals surface area contributed by atoms with Crippen molar-refractivity contribution >= 4 is 51.6 Å². The van der Waals surface area contributed by atoms with E-state index in [0.29, 0.717) is 22.8 Å². The van der Waals surface area contributed by atoms with E-state index >= 15 is 0 Å². The molecule has 34 heavy (non-hydrogen) atoms. The van der Waals surface area contributed by atoms with Crippen LogP contribution in [0.3, 0.4) is 0 Å². The molecule has 1 unspecified atom stereocenters. The molecule has 172 valence electrons. The smallest absolute Gasteiger partial charge is 0.259 e. The predicted molar refractivity (Wildman–Crippen MR) is 137 cm³/mol. The molecule has 0 fully saturated rings. The number of para-hydroxylation sites is 3. The maximum atomic E-state index is 13.9. The highest BCUT2D eigenvalue weighted by atomic mass is 35.5. The molecule has 2 heterocycles. The Bertz CT molecular complexity index is 1410. The number of hydrogen-bond donors (Lipinski definition) is 1. The summed E-state index contributed by atoms with van der Waals surface area (Å²) in [6, 6.07) is 21.5. The first-order valence-corrected chi connectivity index (χ1v) is 12.0. The molecule has 5 nitrogen and oxygen atoms in total. The number of fused-ring (bicyclic) bond motifs is 5. The zero-order chi connectivity index (χ0) is 23.8. The fourth-order valence-electron chi connectivity index (χ4n) is 4.51. The quantitative estimate of drug-likeness (QED) is 0.321. The molecule has 2 amide bonds.